The monoisotopic (exact) mass is 394 g/mol. The minimum absolute atomic E-state index is 0.0414. The lowest BCUT2D eigenvalue weighted by molar-refractivity contribution is -0.154. The third-order valence-electron chi connectivity index (χ3n) is 5.37. The molecule has 150 valence electrons. The van der Waals surface area contributed by atoms with Crippen LogP contribution in [0.1, 0.15) is 17.0 Å². The summed E-state index contributed by atoms with van der Waals surface area (Å²) < 4.78 is 45.8. The highest BCUT2D eigenvalue weighted by atomic mass is 19.4. The fourth-order valence-corrected chi connectivity index (χ4v) is 3.84. The number of halogens is 3. The SMILES string of the molecule is Cn1ccnc1CN1C(=O)COC2CN(Cc3ccc(C(F)(F)F)cc3)CC21. The molecule has 2 saturated heterocycles. The number of morpholine rings is 1. The predicted octanol–water partition coefficient (Wildman–Crippen LogP) is 2.05. The van der Waals surface area contributed by atoms with Crippen molar-refractivity contribution in [2.45, 2.75) is 31.4 Å². The van der Waals surface area contributed by atoms with Gasteiger partial charge in [0, 0.05) is 39.1 Å². The summed E-state index contributed by atoms with van der Waals surface area (Å²) in [4.78, 5) is 20.6. The molecule has 1 aromatic carbocycles. The van der Waals surface area contributed by atoms with Gasteiger partial charge in [0.05, 0.1) is 24.3 Å². The second-order valence-corrected chi connectivity index (χ2v) is 7.28. The van der Waals surface area contributed by atoms with Crippen LogP contribution in [0.4, 0.5) is 13.2 Å². The highest BCUT2D eigenvalue weighted by Crippen LogP contribution is 2.30. The molecule has 0 spiro atoms. The van der Waals surface area contributed by atoms with Crippen LogP contribution in [0, 0.1) is 0 Å². The number of nitrogens with zero attached hydrogens (tertiary/aromatic N) is 4. The lowest BCUT2D eigenvalue weighted by Gasteiger charge is -2.36. The Morgan fingerprint density at radius 3 is 2.57 bits per heavy atom. The summed E-state index contributed by atoms with van der Waals surface area (Å²) in [5.74, 6) is 0.732. The predicted molar refractivity (Wildman–Crippen MR) is 94.0 cm³/mol. The summed E-state index contributed by atoms with van der Waals surface area (Å²) >= 11 is 0. The van der Waals surface area contributed by atoms with Crippen LogP contribution in [0.5, 0.6) is 0 Å². The van der Waals surface area contributed by atoms with Crippen molar-refractivity contribution in [2.24, 2.45) is 7.05 Å². The van der Waals surface area contributed by atoms with E-state index in [1.54, 1.807) is 6.20 Å². The van der Waals surface area contributed by atoms with Crippen molar-refractivity contribution in [1.29, 1.82) is 0 Å². The molecule has 0 aliphatic carbocycles. The lowest BCUT2D eigenvalue weighted by atomic mass is 10.1. The summed E-state index contributed by atoms with van der Waals surface area (Å²) in [7, 11) is 1.89. The van der Waals surface area contributed by atoms with E-state index in [1.807, 2.05) is 22.7 Å². The Kier molecular flexibility index (Phi) is 4.88. The molecular weight excluding hydrogens is 373 g/mol. The van der Waals surface area contributed by atoms with Gasteiger partial charge in [-0.1, -0.05) is 12.1 Å². The van der Waals surface area contributed by atoms with E-state index in [4.69, 9.17) is 4.74 Å². The van der Waals surface area contributed by atoms with Crippen molar-refractivity contribution in [3.05, 3.63) is 53.6 Å². The van der Waals surface area contributed by atoms with Gasteiger partial charge < -0.3 is 14.2 Å². The number of ether oxygens (including phenoxy) is 1. The largest absolute Gasteiger partial charge is 0.416 e. The van der Waals surface area contributed by atoms with Gasteiger partial charge in [0.25, 0.3) is 0 Å². The zero-order valence-corrected chi connectivity index (χ0v) is 15.4. The van der Waals surface area contributed by atoms with E-state index in [2.05, 4.69) is 9.88 Å². The molecule has 1 aromatic heterocycles. The van der Waals surface area contributed by atoms with Crippen LogP contribution in [0.3, 0.4) is 0 Å². The van der Waals surface area contributed by atoms with Crippen LogP contribution in [0.15, 0.2) is 36.7 Å². The molecule has 0 saturated carbocycles. The Morgan fingerprint density at radius 2 is 1.93 bits per heavy atom. The number of amides is 1. The normalized spacial score (nSPS) is 23.3. The molecule has 4 rings (SSSR count). The van der Waals surface area contributed by atoms with Gasteiger partial charge >= 0.3 is 6.18 Å². The van der Waals surface area contributed by atoms with Crippen molar-refractivity contribution in [2.75, 3.05) is 19.7 Å². The number of rotatable bonds is 4. The van der Waals surface area contributed by atoms with Crippen LogP contribution in [-0.4, -0.2) is 57.1 Å². The average Bonchev–Trinajstić information content (AvgIpc) is 3.23. The molecule has 2 aromatic rings. The fourth-order valence-electron chi connectivity index (χ4n) is 3.84. The molecule has 2 aliphatic heterocycles. The molecule has 2 aliphatic rings. The first-order valence-electron chi connectivity index (χ1n) is 9.07. The fraction of sp³-hybridized carbons (Fsp3) is 0.474. The molecule has 2 atom stereocenters. The van der Waals surface area contributed by atoms with Crippen molar-refractivity contribution in [3.63, 3.8) is 0 Å². The molecule has 2 fully saturated rings. The maximum atomic E-state index is 12.7. The minimum Gasteiger partial charge on any atom is -0.365 e. The molecule has 1 amide bonds. The second-order valence-electron chi connectivity index (χ2n) is 7.28. The quantitative estimate of drug-likeness (QED) is 0.797. The number of likely N-dealkylation sites (tertiary alicyclic amines) is 1. The first-order valence-corrected chi connectivity index (χ1v) is 9.07. The van der Waals surface area contributed by atoms with E-state index < -0.39 is 11.7 Å². The number of carbonyl (C=O) groups is 1. The number of aromatic nitrogens is 2. The number of carbonyl (C=O) groups excluding carboxylic acids is 1. The second kappa shape index (κ2) is 7.21. The number of benzene rings is 1. The maximum absolute atomic E-state index is 12.7. The van der Waals surface area contributed by atoms with Gasteiger partial charge in [-0.05, 0) is 17.7 Å². The zero-order chi connectivity index (χ0) is 19.9. The molecule has 28 heavy (non-hydrogen) atoms. The van der Waals surface area contributed by atoms with E-state index in [-0.39, 0.29) is 24.7 Å². The number of fused-ring (bicyclic) bond motifs is 1. The molecule has 6 nitrogen and oxygen atoms in total. The first kappa shape index (κ1) is 18.9. The van der Waals surface area contributed by atoms with Crippen LogP contribution >= 0.6 is 0 Å². The Bertz CT molecular complexity index is 850. The van der Waals surface area contributed by atoms with Gasteiger partial charge in [-0.3, -0.25) is 9.69 Å². The Hall–Kier alpha value is -2.39. The van der Waals surface area contributed by atoms with E-state index in [0.29, 0.717) is 26.2 Å². The number of imidazole rings is 1. The summed E-state index contributed by atoms with van der Waals surface area (Å²) in [6, 6.07) is 5.12. The van der Waals surface area contributed by atoms with Gasteiger partial charge in [0.15, 0.2) is 0 Å². The number of hydrogen-bond acceptors (Lipinski definition) is 4. The molecule has 3 heterocycles. The molecule has 0 bridgehead atoms. The van der Waals surface area contributed by atoms with Crippen molar-refractivity contribution < 1.29 is 22.7 Å². The number of hydrogen-bond donors (Lipinski definition) is 0. The van der Waals surface area contributed by atoms with Crippen LogP contribution in [0.25, 0.3) is 0 Å². The van der Waals surface area contributed by atoms with Crippen LogP contribution in [0.2, 0.25) is 0 Å². The summed E-state index contributed by atoms with van der Waals surface area (Å²) in [5, 5.41) is 0. The topological polar surface area (TPSA) is 50.6 Å². The standard InChI is InChI=1S/C19H21F3N4O2/c1-24-7-6-23-17(24)11-26-15-9-25(10-16(15)28-12-18(26)27)8-13-2-4-14(5-3-13)19(20,21)22/h2-7,15-16H,8-12H2,1H3. The maximum Gasteiger partial charge on any atom is 0.416 e. The van der Waals surface area contributed by atoms with E-state index in [0.717, 1.165) is 23.5 Å². The van der Waals surface area contributed by atoms with Gasteiger partial charge in [0.1, 0.15) is 12.4 Å². The molecule has 0 N–H and O–H groups in total. The highest BCUT2D eigenvalue weighted by Gasteiger charge is 2.43. The smallest absolute Gasteiger partial charge is 0.365 e. The highest BCUT2D eigenvalue weighted by molar-refractivity contribution is 5.78. The molecule has 0 radical (unpaired) electrons. The Labute approximate surface area is 160 Å². The molecule has 2 unspecified atom stereocenters. The first-order chi connectivity index (χ1) is 13.3. The van der Waals surface area contributed by atoms with Gasteiger partial charge in [-0.15, -0.1) is 0 Å². The van der Waals surface area contributed by atoms with E-state index in [1.165, 1.54) is 12.1 Å². The Morgan fingerprint density at radius 1 is 1.18 bits per heavy atom. The van der Waals surface area contributed by atoms with Crippen LogP contribution in [-0.2, 0) is 35.8 Å². The number of alkyl halides is 3. The summed E-state index contributed by atoms with van der Waals surface area (Å²) in [5.41, 5.74) is 0.148. The van der Waals surface area contributed by atoms with Crippen molar-refractivity contribution in [1.82, 2.24) is 19.4 Å². The minimum atomic E-state index is -4.33. The summed E-state index contributed by atoms with van der Waals surface area (Å²) in [6.07, 6.45) is -0.902. The van der Waals surface area contributed by atoms with Crippen molar-refractivity contribution >= 4 is 5.91 Å². The van der Waals surface area contributed by atoms with Gasteiger partial charge in [0.2, 0.25) is 5.91 Å². The van der Waals surface area contributed by atoms with Crippen molar-refractivity contribution in [3.8, 4) is 0 Å². The third-order valence-corrected chi connectivity index (χ3v) is 5.37. The average molecular weight is 394 g/mol. The lowest BCUT2D eigenvalue weighted by Crippen LogP contribution is -2.53. The molecule has 9 heteroatoms. The van der Waals surface area contributed by atoms with E-state index in [9.17, 15) is 18.0 Å². The Balaban J connectivity index is 1.44. The zero-order valence-electron chi connectivity index (χ0n) is 15.4. The van der Waals surface area contributed by atoms with Crippen LogP contribution < -0.4 is 0 Å². The molecular formula is C19H21F3N4O2. The van der Waals surface area contributed by atoms with E-state index >= 15 is 0 Å². The number of aryl methyl sites for hydroxylation is 1. The van der Waals surface area contributed by atoms with Gasteiger partial charge in [-0.25, -0.2) is 4.98 Å². The van der Waals surface area contributed by atoms with Gasteiger partial charge in [-0.2, -0.15) is 13.2 Å². The third kappa shape index (κ3) is 3.77. The summed E-state index contributed by atoms with van der Waals surface area (Å²) in [6.45, 7) is 2.22.